The van der Waals surface area contributed by atoms with E-state index in [4.69, 9.17) is 0 Å². The average molecular weight is 353 g/mol. The van der Waals surface area contributed by atoms with Crippen LogP contribution in [0.5, 0.6) is 0 Å². The van der Waals surface area contributed by atoms with Gasteiger partial charge in [-0.15, -0.1) is 12.4 Å². The summed E-state index contributed by atoms with van der Waals surface area (Å²) in [4.78, 5) is 11.6. The molecule has 1 fully saturated rings. The Labute approximate surface area is 138 Å². The number of carbonyl (C=O) groups is 1. The molecular weight excluding hydrogens is 333 g/mol. The van der Waals surface area contributed by atoms with Crippen molar-refractivity contribution in [3.8, 4) is 0 Å². The molecule has 0 spiro atoms. The third-order valence-electron chi connectivity index (χ3n) is 3.68. The SMILES string of the molecule is Cl.O=C(CNCC1CC1)NCC(O)(c1ccccc1)C(F)(F)F. The van der Waals surface area contributed by atoms with Gasteiger partial charge in [-0.3, -0.25) is 4.79 Å². The minimum atomic E-state index is -4.89. The summed E-state index contributed by atoms with van der Waals surface area (Å²) >= 11 is 0. The van der Waals surface area contributed by atoms with Gasteiger partial charge in [0.05, 0.1) is 13.1 Å². The fourth-order valence-electron chi connectivity index (χ4n) is 2.08. The van der Waals surface area contributed by atoms with Gasteiger partial charge in [0.25, 0.3) is 0 Å². The number of alkyl halides is 3. The second-order valence-electron chi connectivity index (χ2n) is 5.58. The highest BCUT2D eigenvalue weighted by Crippen LogP contribution is 2.38. The number of carbonyl (C=O) groups excluding carboxylic acids is 1. The molecule has 1 amide bonds. The van der Waals surface area contributed by atoms with Crippen LogP contribution in [0.2, 0.25) is 0 Å². The molecule has 1 aromatic rings. The van der Waals surface area contributed by atoms with Gasteiger partial charge in [0, 0.05) is 0 Å². The molecule has 0 aliphatic heterocycles. The van der Waals surface area contributed by atoms with Gasteiger partial charge in [-0.05, 0) is 30.9 Å². The van der Waals surface area contributed by atoms with Gasteiger partial charge >= 0.3 is 6.18 Å². The first-order valence-electron chi connectivity index (χ1n) is 7.15. The molecular formula is C15H20ClF3N2O2. The lowest BCUT2D eigenvalue weighted by molar-refractivity contribution is -0.264. The Balaban J connectivity index is 0.00000264. The first kappa shape index (κ1) is 19.7. The monoisotopic (exact) mass is 352 g/mol. The van der Waals surface area contributed by atoms with E-state index in [2.05, 4.69) is 10.6 Å². The van der Waals surface area contributed by atoms with Crippen molar-refractivity contribution in [3.63, 3.8) is 0 Å². The van der Waals surface area contributed by atoms with E-state index in [-0.39, 0.29) is 24.5 Å². The van der Waals surface area contributed by atoms with Crippen LogP contribution >= 0.6 is 12.4 Å². The van der Waals surface area contributed by atoms with Crippen LogP contribution in [0.3, 0.4) is 0 Å². The molecule has 23 heavy (non-hydrogen) atoms. The molecule has 0 saturated heterocycles. The van der Waals surface area contributed by atoms with Crippen molar-refractivity contribution < 1.29 is 23.1 Å². The van der Waals surface area contributed by atoms with Gasteiger partial charge in [0.15, 0.2) is 0 Å². The molecule has 0 bridgehead atoms. The van der Waals surface area contributed by atoms with E-state index in [0.29, 0.717) is 12.5 Å². The van der Waals surface area contributed by atoms with E-state index in [9.17, 15) is 23.1 Å². The lowest BCUT2D eigenvalue weighted by Gasteiger charge is -2.31. The van der Waals surface area contributed by atoms with Crippen LogP contribution in [0, 0.1) is 5.92 Å². The maximum Gasteiger partial charge on any atom is 0.423 e. The number of hydrogen-bond donors (Lipinski definition) is 3. The number of halogens is 4. The fraction of sp³-hybridized carbons (Fsp3) is 0.533. The minimum absolute atomic E-state index is 0. The van der Waals surface area contributed by atoms with Gasteiger partial charge in [0.2, 0.25) is 11.5 Å². The van der Waals surface area contributed by atoms with Gasteiger partial charge < -0.3 is 15.7 Å². The minimum Gasteiger partial charge on any atom is -0.375 e. The van der Waals surface area contributed by atoms with Crippen molar-refractivity contribution in [1.82, 2.24) is 10.6 Å². The summed E-state index contributed by atoms with van der Waals surface area (Å²) in [7, 11) is 0. The Morgan fingerprint density at radius 1 is 1.22 bits per heavy atom. The van der Waals surface area contributed by atoms with Gasteiger partial charge in [-0.25, -0.2) is 0 Å². The first-order valence-corrected chi connectivity index (χ1v) is 7.15. The summed E-state index contributed by atoms with van der Waals surface area (Å²) in [6.45, 7) is -0.278. The second kappa shape index (κ2) is 7.99. The smallest absolute Gasteiger partial charge is 0.375 e. The molecule has 130 valence electrons. The van der Waals surface area contributed by atoms with E-state index < -0.39 is 24.2 Å². The lowest BCUT2D eigenvalue weighted by atomic mass is 9.93. The van der Waals surface area contributed by atoms with Gasteiger partial charge in [-0.1, -0.05) is 30.3 Å². The number of rotatable bonds is 7. The first-order chi connectivity index (χ1) is 10.3. The van der Waals surface area contributed by atoms with Crippen molar-refractivity contribution in [2.75, 3.05) is 19.6 Å². The molecule has 0 heterocycles. The van der Waals surface area contributed by atoms with E-state index >= 15 is 0 Å². The summed E-state index contributed by atoms with van der Waals surface area (Å²) < 4.78 is 39.6. The highest BCUT2D eigenvalue weighted by molar-refractivity contribution is 5.85. The highest BCUT2D eigenvalue weighted by atomic mass is 35.5. The second-order valence-corrected chi connectivity index (χ2v) is 5.58. The third kappa shape index (κ3) is 5.37. The van der Waals surface area contributed by atoms with Crippen LogP contribution in [-0.2, 0) is 10.4 Å². The summed E-state index contributed by atoms with van der Waals surface area (Å²) in [6, 6.07) is 6.74. The number of hydrogen-bond acceptors (Lipinski definition) is 3. The summed E-state index contributed by atoms with van der Waals surface area (Å²) in [6.07, 6.45) is -2.64. The predicted octanol–water partition coefficient (Wildman–Crippen LogP) is 1.97. The van der Waals surface area contributed by atoms with E-state index in [1.165, 1.54) is 24.3 Å². The summed E-state index contributed by atoms with van der Waals surface area (Å²) in [5.41, 5.74) is -3.39. The molecule has 4 nitrogen and oxygen atoms in total. The molecule has 0 aromatic heterocycles. The molecule has 8 heteroatoms. The van der Waals surface area contributed by atoms with Crippen LogP contribution < -0.4 is 10.6 Å². The van der Waals surface area contributed by atoms with Crippen LogP contribution in [0.1, 0.15) is 18.4 Å². The predicted molar refractivity (Wildman–Crippen MR) is 82.2 cm³/mol. The molecule has 1 saturated carbocycles. The van der Waals surface area contributed by atoms with Crippen molar-refractivity contribution in [2.45, 2.75) is 24.6 Å². The largest absolute Gasteiger partial charge is 0.423 e. The molecule has 2 rings (SSSR count). The van der Waals surface area contributed by atoms with E-state index in [1.807, 2.05) is 0 Å². The normalized spacial score (nSPS) is 17.0. The quantitative estimate of drug-likeness (QED) is 0.703. The average Bonchev–Trinajstić information content (AvgIpc) is 3.28. The molecule has 1 unspecified atom stereocenters. The zero-order valence-corrected chi connectivity index (χ0v) is 13.2. The number of benzene rings is 1. The van der Waals surface area contributed by atoms with Crippen molar-refractivity contribution in [3.05, 3.63) is 35.9 Å². The summed E-state index contributed by atoms with van der Waals surface area (Å²) in [5, 5.41) is 15.1. The molecule has 1 aliphatic rings. The molecule has 0 radical (unpaired) electrons. The topological polar surface area (TPSA) is 61.4 Å². The van der Waals surface area contributed by atoms with Crippen LogP contribution in [0.4, 0.5) is 13.2 Å². The fourth-order valence-corrected chi connectivity index (χ4v) is 2.08. The van der Waals surface area contributed by atoms with Gasteiger partial charge in [-0.2, -0.15) is 13.2 Å². The zero-order valence-electron chi connectivity index (χ0n) is 12.4. The van der Waals surface area contributed by atoms with Gasteiger partial charge in [0.1, 0.15) is 0 Å². The molecule has 1 aliphatic carbocycles. The van der Waals surface area contributed by atoms with Crippen LogP contribution in [-0.4, -0.2) is 36.8 Å². The van der Waals surface area contributed by atoms with Crippen LogP contribution in [0.25, 0.3) is 0 Å². The third-order valence-corrected chi connectivity index (χ3v) is 3.68. The Kier molecular flexibility index (Phi) is 6.85. The Morgan fingerprint density at radius 2 is 1.83 bits per heavy atom. The maximum atomic E-state index is 13.2. The Morgan fingerprint density at radius 3 is 2.35 bits per heavy atom. The number of nitrogens with one attached hydrogen (secondary N) is 2. The molecule has 1 aromatic carbocycles. The van der Waals surface area contributed by atoms with Crippen LogP contribution in [0.15, 0.2) is 30.3 Å². The van der Waals surface area contributed by atoms with Crippen molar-refractivity contribution >= 4 is 18.3 Å². The number of amides is 1. The van der Waals surface area contributed by atoms with E-state index in [0.717, 1.165) is 12.8 Å². The van der Waals surface area contributed by atoms with E-state index in [1.54, 1.807) is 6.07 Å². The van der Waals surface area contributed by atoms with Crippen molar-refractivity contribution in [1.29, 1.82) is 0 Å². The molecule has 3 N–H and O–H groups in total. The lowest BCUT2D eigenvalue weighted by Crippen LogP contribution is -2.52. The number of aliphatic hydroxyl groups is 1. The Hall–Kier alpha value is -1.31. The maximum absolute atomic E-state index is 13.2. The standard InChI is InChI=1S/C15H19F3N2O2.ClH/c16-15(17,18)14(22,12-4-2-1-3-5-12)10-20-13(21)9-19-8-11-6-7-11;/h1-5,11,19,22H,6-10H2,(H,20,21);1H. The summed E-state index contributed by atoms with van der Waals surface area (Å²) in [5.74, 6) is 0.00322. The zero-order chi connectivity index (χ0) is 16.2. The van der Waals surface area contributed by atoms with Crippen molar-refractivity contribution in [2.24, 2.45) is 5.92 Å². The highest BCUT2D eigenvalue weighted by Gasteiger charge is 2.55. The molecule has 1 atom stereocenters. The Bertz CT molecular complexity index is 509.